The topological polar surface area (TPSA) is 70.4 Å². The van der Waals surface area contributed by atoms with Crippen LogP contribution in [0, 0.1) is 0 Å². The lowest BCUT2D eigenvalue weighted by atomic mass is 9.92. The smallest absolute Gasteiger partial charge is 0.356 e. The minimum absolute atomic E-state index is 0.124. The van der Waals surface area contributed by atoms with E-state index >= 15 is 0 Å². The first-order valence-electron chi connectivity index (χ1n) is 7.41. The molecule has 0 saturated carbocycles. The van der Waals surface area contributed by atoms with Crippen LogP contribution in [0.4, 0.5) is 0 Å². The van der Waals surface area contributed by atoms with Gasteiger partial charge < -0.3 is 9.47 Å². The average Bonchev–Trinajstić information content (AvgIpc) is 2.70. The van der Waals surface area contributed by atoms with Gasteiger partial charge in [0.15, 0.2) is 0 Å². The highest BCUT2D eigenvalue weighted by Crippen LogP contribution is 2.22. The van der Waals surface area contributed by atoms with Crippen LogP contribution in [0.5, 0.6) is 0 Å². The SMILES string of the molecule is CCOC(=O)c1cc(C(C)(C)C)nn1CC(=O)OC(C)(C)C. The van der Waals surface area contributed by atoms with E-state index < -0.39 is 17.5 Å². The summed E-state index contributed by atoms with van der Waals surface area (Å²) in [4.78, 5) is 24.0. The molecule has 0 aliphatic carbocycles. The highest BCUT2D eigenvalue weighted by molar-refractivity contribution is 5.88. The lowest BCUT2D eigenvalue weighted by Crippen LogP contribution is -2.28. The standard InChI is InChI=1S/C16H26N2O4/c1-8-21-14(20)11-9-12(15(2,3)4)17-18(11)10-13(19)22-16(5,6)7/h9H,8,10H2,1-7H3. The summed E-state index contributed by atoms with van der Waals surface area (Å²) in [6.45, 7) is 13.2. The number of nitrogens with zero attached hydrogens (tertiary/aromatic N) is 2. The quantitative estimate of drug-likeness (QED) is 0.800. The summed E-state index contributed by atoms with van der Waals surface area (Å²) in [5.74, 6) is -0.935. The molecule has 0 N–H and O–H groups in total. The molecule has 0 unspecified atom stereocenters. The molecule has 0 saturated heterocycles. The lowest BCUT2D eigenvalue weighted by molar-refractivity contribution is -0.155. The van der Waals surface area contributed by atoms with Crippen molar-refractivity contribution < 1.29 is 19.1 Å². The Morgan fingerprint density at radius 3 is 2.23 bits per heavy atom. The highest BCUT2D eigenvalue weighted by atomic mass is 16.6. The van der Waals surface area contributed by atoms with Crippen molar-refractivity contribution in [1.29, 1.82) is 0 Å². The maximum atomic E-state index is 12.0. The molecule has 0 aliphatic rings. The summed E-state index contributed by atoms with van der Waals surface area (Å²) in [6, 6.07) is 1.67. The predicted molar refractivity (Wildman–Crippen MR) is 82.7 cm³/mol. The third-order valence-corrected chi connectivity index (χ3v) is 2.73. The molecule has 0 aliphatic heterocycles. The Labute approximate surface area is 131 Å². The van der Waals surface area contributed by atoms with E-state index in [0.29, 0.717) is 0 Å². The van der Waals surface area contributed by atoms with Crippen LogP contribution in [0.15, 0.2) is 6.07 Å². The van der Waals surface area contributed by atoms with Crippen LogP contribution < -0.4 is 0 Å². The molecule has 1 heterocycles. The Morgan fingerprint density at radius 2 is 1.77 bits per heavy atom. The Balaban J connectivity index is 3.08. The first kappa shape index (κ1) is 18.2. The molecule has 0 radical (unpaired) electrons. The van der Waals surface area contributed by atoms with Gasteiger partial charge in [-0.15, -0.1) is 0 Å². The third-order valence-electron chi connectivity index (χ3n) is 2.73. The van der Waals surface area contributed by atoms with Gasteiger partial charge in [-0.25, -0.2) is 9.48 Å². The van der Waals surface area contributed by atoms with Crippen molar-refractivity contribution in [1.82, 2.24) is 9.78 Å². The molecule has 6 heteroatoms. The van der Waals surface area contributed by atoms with Crippen LogP contribution in [0.2, 0.25) is 0 Å². The minimum atomic E-state index is -0.582. The Kier molecular flexibility index (Phi) is 5.38. The van der Waals surface area contributed by atoms with Crippen LogP contribution in [0.3, 0.4) is 0 Å². The number of hydrogen-bond donors (Lipinski definition) is 0. The molecule has 0 atom stereocenters. The second-order valence-electron chi connectivity index (χ2n) is 7.13. The van der Waals surface area contributed by atoms with Crippen LogP contribution in [0.25, 0.3) is 0 Å². The van der Waals surface area contributed by atoms with Crippen LogP contribution >= 0.6 is 0 Å². The summed E-state index contributed by atoms with van der Waals surface area (Å²) < 4.78 is 11.7. The molecular weight excluding hydrogens is 284 g/mol. The van der Waals surface area contributed by atoms with Crippen LogP contribution in [-0.2, 0) is 26.2 Å². The van der Waals surface area contributed by atoms with Crippen LogP contribution in [0.1, 0.15) is 64.6 Å². The fraction of sp³-hybridized carbons (Fsp3) is 0.688. The van der Waals surface area contributed by atoms with E-state index in [4.69, 9.17) is 9.47 Å². The normalized spacial score (nSPS) is 12.1. The molecule has 0 aromatic carbocycles. The number of hydrogen-bond acceptors (Lipinski definition) is 5. The number of aromatic nitrogens is 2. The molecule has 1 aromatic rings. The molecule has 124 valence electrons. The highest BCUT2D eigenvalue weighted by Gasteiger charge is 2.25. The van der Waals surface area contributed by atoms with E-state index in [1.807, 2.05) is 20.8 Å². The van der Waals surface area contributed by atoms with Gasteiger partial charge in [0.1, 0.15) is 17.8 Å². The van der Waals surface area contributed by atoms with E-state index in [2.05, 4.69) is 5.10 Å². The van der Waals surface area contributed by atoms with Gasteiger partial charge in [-0.05, 0) is 33.8 Å². The zero-order valence-electron chi connectivity index (χ0n) is 14.5. The van der Waals surface area contributed by atoms with Gasteiger partial charge in [-0.1, -0.05) is 20.8 Å². The van der Waals surface area contributed by atoms with Crippen molar-refractivity contribution in [3.05, 3.63) is 17.5 Å². The van der Waals surface area contributed by atoms with Gasteiger partial charge in [0.05, 0.1) is 12.3 Å². The first-order valence-corrected chi connectivity index (χ1v) is 7.41. The van der Waals surface area contributed by atoms with E-state index in [1.165, 1.54) is 4.68 Å². The van der Waals surface area contributed by atoms with E-state index in [9.17, 15) is 9.59 Å². The summed E-state index contributed by atoms with van der Waals surface area (Å²) in [5.41, 5.74) is 0.165. The van der Waals surface area contributed by atoms with E-state index in [0.717, 1.165) is 5.69 Å². The average molecular weight is 310 g/mol. The second kappa shape index (κ2) is 6.50. The molecule has 0 spiro atoms. The molecule has 1 aromatic heterocycles. The summed E-state index contributed by atoms with van der Waals surface area (Å²) in [5, 5.41) is 4.37. The monoisotopic (exact) mass is 310 g/mol. The largest absolute Gasteiger partial charge is 0.461 e. The van der Waals surface area contributed by atoms with E-state index in [-0.39, 0.29) is 24.3 Å². The Bertz CT molecular complexity index is 547. The molecule has 6 nitrogen and oxygen atoms in total. The number of ether oxygens (including phenoxy) is 2. The third kappa shape index (κ3) is 5.16. The maximum absolute atomic E-state index is 12.0. The fourth-order valence-electron chi connectivity index (χ4n) is 1.77. The number of carbonyl (C=O) groups is 2. The minimum Gasteiger partial charge on any atom is -0.461 e. The fourth-order valence-corrected chi connectivity index (χ4v) is 1.77. The molecule has 0 fully saturated rings. The maximum Gasteiger partial charge on any atom is 0.356 e. The van der Waals surface area contributed by atoms with Crippen molar-refractivity contribution in [2.24, 2.45) is 0 Å². The Morgan fingerprint density at radius 1 is 1.18 bits per heavy atom. The number of carbonyl (C=O) groups excluding carboxylic acids is 2. The number of esters is 2. The van der Waals surface area contributed by atoms with Crippen molar-refractivity contribution in [3.63, 3.8) is 0 Å². The van der Waals surface area contributed by atoms with Crippen molar-refractivity contribution in [2.45, 2.75) is 66.0 Å². The van der Waals surface area contributed by atoms with Crippen molar-refractivity contribution in [2.75, 3.05) is 6.61 Å². The summed E-state index contributed by atoms with van der Waals surface area (Å²) in [6.07, 6.45) is 0. The van der Waals surface area contributed by atoms with Gasteiger partial charge in [-0.3, -0.25) is 4.79 Å². The zero-order chi connectivity index (χ0) is 17.1. The molecule has 0 amide bonds. The summed E-state index contributed by atoms with van der Waals surface area (Å²) in [7, 11) is 0. The van der Waals surface area contributed by atoms with Gasteiger partial charge in [0, 0.05) is 5.41 Å². The van der Waals surface area contributed by atoms with E-state index in [1.54, 1.807) is 33.8 Å². The molecule has 0 bridgehead atoms. The zero-order valence-corrected chi connectivity index (χ0v) is 14.5. The lowest BCUT2D eigenvalue weighted by Gasteiger charge is -2.19. The molecule has 22 heavy (non-hydrogen) atoms. The van der Waals surface area contributed by atoms with Crippen molar-refractivity contribution in [3.8, 4) is 0 Å². The number of rotatable bonds is 4. The van der Waals surface area contributed by atoms with Crippen molar-refractivity contribution >= 4 is 11.9 Å². The van der Waals surface area contributed by atoms with Gasteiger partial charge in [-0.2, -0.15) is 5.10 Å². The summed E-state index contributed by atoms with van der Waals surface area (Å²) >= 11 is 0. The van der Waals surface area contributed by atoms with Gasteiger partial charge in [0.25, 0.3) is 0 Å². The predicted octanol–water partition coefficient (Wildman–Crippen LogP) is 2.70. The molecular formula is C16H26N2O4. The first-order chi connectivity index (χ1) is 9.94. The van der Waals surface area contributed by atoms with Gasteiger partial charge >= 0.3 is 11.9 Å². The Hall–Kier alpha value is -1.85. The van der Waals surface area contributed by atoms with Gasteiger partial charge in [0.2, 0.25) is 0 Å². The molecule has 1 rings (SSSR count). The van der Waals surface area contributed by atoms with Crippen LogP contribution in [-0.4, -0.2) is 33.9 Å². The second-order valence-corrected chi connectivity index (χ2v) is 7.13.